The number of carbonyl (C=O) groups is 1. The van der Waals surface area contributed by atoms with Crippen LogP contribution < -0.4 is 4.74 Å². The van der Waals surface area contributed by atoms with E-state index in [0.717, 1.165) is 12.0 Å². The van der Waals surface area contributed by atoms with Gasteiger partial charge in [-0.05, 0) is 59.0 Å². The molecular weight excluding hydrogens is 453 g/mol. The monoisotopic (exact) mass is 474 g/mol. The number of carbonyl (C=O) groups excluding carboxylic acids is 1. The second-order valence-electron chi connectivity index (χ2n) is 8.31. The minimum absolute atomic E-state index is 0.0841. The van der Waals surface area contributed by atoms with Crippen molar-refractivity contribution in [1.82, 2.24) is 0 Å². The highest BCUT2D eigenvalue weighted by molar-refractivity contribution is 5.91. The highest BCUT2D eigenvalue weighted by atomic mass is 19.2. The molecule has 4 aromatic carbocycles. The largest absolute Gasteiger partial charge is 0.420 e. The van der Waals surface area contributed by atoms with Crippen LogP contribution in [-0.4, -0.2) is 12.6 Å². The van der Waals surface area contributed by atoms with E-state index in [0.29, 0.717) is 28.9 Å². The summed E-state index contributed by atoms with van der Waals surface area (Å²) in [5, 5.41) is 0. The van der Waals surface area contributed by atoms with E-state index in [2.05, 4.69) is 0 Å². The van der Waals surface area contributed by atoms with E-state index in [1.165, 1.54) is 30.3 Å². The molecule has 0 aromatic heterocycles. The summed E-state index contributed by atoms with van der Waals surface area (Å²) in [5.74, 6) is -4.00. The Morgan fingerprint density at radius 1 is 0.857 bits per heavy atom. The number of hydrogen-bond donors (Lipinski definition) is 0. The van der Waals surface area contributed by atoms with E-state index >= 15 is 0 Å². The van der Waals surface area contributed by atoms with E-state index in [9.17, 15) is 18.0 Å². The zero-order chi connectivity index (χ0) is 24.5. The quantitative estimate of drug-likeness (QED) is 0.167. The maximum absolute atomic E-state index is 14.7. The summed E-state index contributed by atoms with van der Waals surface area (Å²) >= 11 is 0. The van der Waals surface area contributed by atoms with Crippen LogP contribution in [0.25, 0.3) is 22.3 Å². The van der Waals surface area contributed by atoms with Crippen molar-refractivity contribution >= 4 is 5.97 Å². The molecule has 1 fully saturated rings. The van der Waals surface area contributed by atoms with Crippen molar-refractivity contribution in [3.8, 4) is 28.0 Å². The van der Waals surface area contributed by atoms with Crippen LogP contribution in [0.15, 0.2) is 78.9 Å². The fourth-order valence-corrected chi connectivity index (χ4v) is 3.91. The predicted molar refractivity (Wildman–Crippen MR) is 127 cm³/mol. The van der Waals surface area contributed by atoms with Crippen LogP contribution >= 0.6 is 0 Å². The molecule has 5 rings (SSSR count). The third-order valence-corrected chi connectivity index (χ3v) is 6.06. The Morgan fingerprint density at radius 3 is 2.14 bits per heavy atom. The minimum Gasteiger partial charge on any atom is -0.420 e. The van der Waals surface area contributed by atoms with Gasteiger partial charge in [-0.25, -0.2) is 13.6 Å². The Morgan fingerprint density at radius 2 is 1.51 bits per heavy atom. The average molecular weight is 474 g/mol. The minimum atomic E-state index is -1.23. The van der Waals surface area contributed by atoms with Crippen LogP contribution in [0.4, 0.5) is 13.2 Å². The molecule has 3 nitrogen and oxygen atoms in total. The van der Waals surface area contributed by atoms with Gasteiger partial charge >= 0.3 is 5.97 Å². The lowest BCUT2D eigenvalue weighted by molar-refractivity contribution is 0.0727. The van der Waals surface area contributed by atoms with Gasteiger partial charge in [-0.1, -0.05) is 55.5 Å². The highest BCUT2D eigenvalue weighted by Crippen LogP contribution is 2.34. The van der Waals surface area contributed by atoms with Crippen molar-refractivity contribution in [2.45, 2.75) is 19.4 Å². The molecule has 176 valence electrons. The van der Waals surface area contributed by atoms with Gasteiger partial charge in [-0.3, -0.25) is 0 Å². The van der Waals surface area contributed by atoms with E-state index in [4.69, 9.17) is 9.47 Å². The number of aryl methyl sites for hydroxylation is 1. The van der Waals surface area contributed by atoms with Crippen LogP contribution in [-0.2, 0) is 11.2 Å². The lowest BCUT2D eigenvalue weighted by Gasteiger charge is -2.10. The first-order valence-corrected chi connectivity index (χ1v) is 11.3. The highest BCUT2D eigenvalue weighted by Gasteiger charge is 2.27. The summed E-state index contributed by atoms with van der Waals surface area (Å²) in [5.41, 5.74) is 3.70. The van der Waals surface area contributed by atoms with Crippen LogP contribution in [0, 0.1) is 17.5 Å². The maximum atomic E-state index is 14.7. The molecule has 0 aliphatic carbocycles. The number of rotatable bonds is 6. The van der Waals surface area contributed by atoms with E-state index in [1.807, 2.05) is 19.1 Å². The van der Waals surface area contributed by atoms with Gasteiger partial charge in [0.2, 0.25) is 5.82 Å². The van der Waals surface area contributed by atoms with Crippen molar-refractivity contribution in [2.75, 3.05) is 6.61 Å². The van der Waals surface area contributed by atoms with Gasteiger partial charge in [0, 0.05) is 11.1 Å². The SMILES string of the molecule is CCc1ccc(-c2ccc(OC(=O)c3ccc(-c4ccc(C5CO5)c(F)c4)cc3)c(F)c2F)cc1. The maximum Gasteiger partial charge on any atom is 0.343 e. The summed E-state index contributed by atoms with van der Waals surface area (Å²) in [6.45, 7) is 2.53. The normalized spacial score (nSPS) is 14.6. The van der Waals surface area contributed by atoms with Gasteiger partial charge in [0.05, 0.1) is 12.2 Å². The number of ether oxygens (including phenoxy) is 2. The number of benzene rings is 4. The first-order valence-electron chi connectivity index (χ1n) is 11.3. The average Bonchev–Trinajstić information content (AvgIpc) is 3.72. The summed E-state index contributed by atoms with van der Waals surface area (Å²) in [4.78, 5) is 12.5. The molecule has 35 heavy (non-hydrogen) atoms. The van der Waals surface area contributed by atoms with Crippen LogP contribution in [0.2, 0.25) is 0 Å². The van der Waals surface area contributed by atoms with E-state index in [-0.39, 0.29) is 23.0 Å². The van der Waals surface area contributed by atoms with Gasteiger partial charge in [-0.15, -0.1) is 0 Å². The molecule has 0 amide bonds. The molecule has 1 aliphatic heterocycles. The second kappa shape index (κ2) is 9.39. The first kappa shape index (κ1) is 22.9. The molecule has 1 heterocycles. The van der Waals surface area contributed by atoms with Crippen molar-refractivity contribution < 1.29 is 27.4 Å². The molecule has 0 spiro atoms. The zero-order valence-corrected chi connectivity index (χ0v) is 18.9. The smallest absolute Gasteiger partial charge is 0.343 e. The fraction of sp³-hybridized carbons (Fsp3) is 0.138. The van der Waals surface area contributed by atoms with Crippen molar-refractivity contribution in [3.63, 3.8) is 0 Å². The molecule has 0 saturated carbocycles. The third kappa shape index (κ3) is 4.70. The molecule has 0 N–H and O–H groups in total. The van der Waals surface area contributed by atoms with Crippen molar-refractivity contribution in [2.24, 2.45) is 0 Å². The van der Waals surface area contributed by atoms with Gasteiger partial charge in [0.1, 0.15) is 11.9 Å². The lowest BCUT2D eigenvalue weighted by Crippen LogP contribution is -2.10. The summed E-state index contributed by atoms with van der Waals surface area (Å²) in [7, 11) is 0. The molecule has 1 unspecified atom stereocenters. The van der Waals surface area contributed by atoms with E-state index in [1.54, 1.807) is 36.4 Å². The van der Waals surface area contributed by atoms with E-state index < -0.39 is 23.4 Å². The van der Waals surface area contributed by atoms with Gasteiger partial charge < -0.3 is 9.47 Å². The fourth-order valence-electron chi connectivity index (χ4n) is 3.91. The number of halogens is 3. The molecule has 1 atom stereocenters. The van der Waals surface area contributed by atoms with Crippen molar-refractivity contribution in [1.29, 1.82) is 0 Å². The predicted octanol–water partition coefficient (Wildman–Crippen LogP) is 7.29. The molecule has 0 bridgehead atoms. The van der Waals surface area contributed by atoms with Crippen LogP contribution in [0.3, 0.4) is 0 Å². The van der Waals surface area contributed by atoms with Gasteiger partial charge in [0.25, 0.3) is 0 Å². The zero-order valence-electron chi connectivity index (χ0n) is 18.9. The van der Waals surface area contributed by atoms with Crippen molar-refractivity contribution in [3.05, 3.63) is 113 Å². The molecule has 4 aromatic rings. The second-order valence-corrected chi connectivity index (χ2v) is 8.31. The third-order valence-electron chi connectivity index (χ3n) is 6.06. The molecule has 1 saturated heterocycles. The molecule has 6 heteroatoms. The van der Waals surface area contributed by atoms with Gasteiger partial charge in [0.15, 0.2) is 11.6 Å². The molecule has 0 radical (unpaired) electrons. The molecule has 1 aliphatic rings. The number of esters is 1. The van der Waals surface area contributed by atoms with Gasteiger partial charge in [-0.2, -0.15) is 4.39 Å². The Hall–Kier alpha value is -3.90. The van der Waals surface area contributed by atoms with Crippen LogP contribution in [0.1, 0.15) is 34.5 Å². The Labute approximate surface area is 200 Å². The summed E-state index contributed by atoms with van der Waals surface area (Å²) < 4.78 is 54.0. The Kier molecular flexibility index (Phi) is 6.14. The standard InChI is InChI=1S/C29H21F3O3/c1-2-17-3-5-19(6-4-17)22-13-14-25(28(32)27(22)31)35-29(33)20-9-7-18(8-10-20)21-11-12-23(24(30)15-21)26-16-34-26/h3-15,26H,2,16H2,1H3. The number of epoxide rings is 1. The summed E-state index contributed by atoms with van der Waals surface area (Å²) in [6.07, 6.45) is 0.661. The summed E-state index contributed by atoms with van der Waals surface area (Å²) in [6, 6.07) is 20.9. The Balaban J connectivity index is 1.32. The molecular formula is C29H21F3O3. The lowest BCUT2D eigenvalue weighted by atomic mass is 10.0. The first-order chi connectivity index (χ1) is 16.9. The Bertz CT molecular complexity index is 1390. The van der Waals surface area contributed by atoms with Crippen LogP contribution in [0.5, 0.6) is 5.75 Å². The number of hydrogen-bond acceptors (Lipinski definition) is 3. The topological polar surface area (TPSA) is 38.8 Å².